The van der Waals surface area contributed by atoms with Gasteiger partial charge in [-0.1, -0.05) is 0 Å². The van der Waals surface area contributed by atoms with Crippen molar-refractivity contribution in [3.05, 3.63) is 65.5 Å². The summed E-state index contributed by atoms with van der Waals surface area (Å²) in [5.41, 5.74) is 1.24. The zero-order valence-corrected chi connectivity index (χ0v) is 18.5. The topological polar surface area (TPSA) is 87.0 Å². The third-order valence-corrected chi connectivity index (χ3v) is 7.13. The van der Waals surface area contributed by atoms with Crippen LogP contribution in [0.4, 0.5) is 18.9 Å². The van der Waals surface area contributed by atoms with Crippen LogP contribution in [0, 0.1) is 11.6 Å². The maximum atomic E-state index is 14.4. The lowest BCUT2D eigenvalue weighted by Crippen LogP contribution is -2.42. The number of rotatable bonds is 7. The van der Waals surface area contributed by atoms with E-state index >= 15 is 0 Å². The Morgan fingerprint density at radius 2 is 2.06 bits per heavy atom. The first-order valence-electron chi connectivity index (χ1n) is 10.2. The van der Waals surface area contributed by atoms with Crippen LogP contribution >= 0.6 is 0 Å². The number of anilines is 1. The number of hydrogen-bond acceptors (Lipinski definition) is 5. The first kappa shape index (κ1) is 23.1. The number of hydrogen-bond donors (Lipinski definition) is 1. The molecular formula is C21H22F3N5O3S. The average Bonchev–Trinajstić information content (AvgIpc) is 3.42. The van der Waals surface area contributed by atoms with Gasteiger partial charge in [0.15, 0.2) is 0 Å². The molecule has 4 rings (SSSR count). The highest BCUT2D eigenvalue weighted by Crippen LogP contribution is 2.38. The molecule has 0 aliphatic carbocycles. The fourth-order valence-electron chi connectivity index (χ4n) is 3.98. The quantitative estimate of drug-likeness (QED) is 0.561. The number of carbonyl (C=O) groups is 1. The number of amides is 1. The third kappa shape index (κ3) is 4.53. The second-order valence-corrected chi connectivity index (χ2v) is 9.51. The Morgan fingerprint density at radius 1 is 1.27 bits per heavy atom. The van der Waals surface area contributed by atoms with Crippen molar-refractivity contribution in [2.75, 3.05) is 31.7 Å². The Kier molecular flexibility index (Phi) is 6.30. The van der Waals surface area contributed by atoms with E-state index in [2.05, 4.69) is 5.10 Å². The highest BCUT2D eigenvalue weighted by molar-refractivity contribution is 7.87. The summed E-state index contributed by atoms with van der Waals surface area (Å²) < 4.78 is 69.1. The van der Waals surface area contributed by atoms with Gasteiger partial charge in [-0.2, -0.15) is 17.8 Å². The summed E-state index contributed by atoms with van der Waals surface area (Å²) >= 11 is 0. The monoisotopic (exact) mass is 481 g/mol. The van der Waals surface area contributed by atoms with Crippen molar-refractivity contribution in [3.8, 4) is 0 Å². The van der Waals surface area contributed by atoms with E-state index in [9.17, 15) is 26.4 Å². The number of aromatic nitrogens is 2. The molecule has 0 unspecified atom stereocenters. The predicted octanol–water partition coefficient (Wildman–Crippen LogP) is 2.83. The molecule has 176 valence electrons. The summed E-state index contributed by atoms with van der Waals surface area (Å²) in [6.45, 7) is -0.696. The van der Waals surface area contributed by atoms with Crippen LogP contribution in [0.2, 0.25) is 0 Å². The van der Waals surface area contributed by atoms with Gasteiger partial charge in [0.1, 0.15) is 18.3 Å². The lowest BCUT2D eigenvalue weighted by atomic mass is 10.0. The summed E-state index contributed by atoms with van der Waals surface area (Å²) in [5.74, 6) is -1.94. The zero-order valence-electron chi connectivity index (χ0n) is 17.7. The van der Waals surface area contributed by atoms with E-state index < -0.39 is 47.0 Å². The molecule has 1 amide bonds. The highest BCUT2D eigenvalue weighted by atomic mass is 32.2. The highest BCUT2D eigenvalue weighted by Gasteiger charge is 2.30. The Hall–Kier alpha value is -3.12. The molecule has 1 atom stereocenters. The third-order valence-electron chi connectivity index (χ3n) is 5.68. The number of alkyl halides is 1. The number of pyridine rings is 1. The van der Waals surface area contributed by atoms with Gasteiger partial charge < -0.3 is 4.90 Å². The number of nitrogens with one attached hydrogen (secondary N) is 1. The summed E-state index contributed by atoms with van der Waals surface area (Å²) in [4.78, 5) is 14.6. The molecule has 2 aromatic heterocycles. The van der Waals surface area contributed by atoms with Crippen LogP contribution < -0.4 is 9.62 Å². The van der Waals surface area contributed by atoms with Gasteiger partial charge in [-0.05, 0) is 43.2 Å². The molecule has 0 spiro atoms. The molecule has 12 heteroatoms. The van der Waals surface area contributed by atoms with Crippen LogP contribution in [0.5, 0.6) is 0 Å². The van der Waals surface area contributed by atoms with Gasteiger partial charge in [0.25, 0.3) is 5.91 Å². The van der Waals surface area contributed by atoms with Crippen LogP contribution in [-0.4, -0.2) is 55.1 Å². The molecule has 0 bridgehead atoms. The van der Waals surface area contributed by atoms with Crippen LogP contribution in [0.15, 0.2) is 42.7 Å². The van der Waals surface area contributed by atoms with E-state index in [0.717, 1.165) is 25.6 Å². The molecule has 1 fully saturated rings. The number of benzene rings is 1. The number of halogens is 3. The minimum Gasteiger partial charge on any atom is -0.364 e. The lowest BCUT2D eigenvalue weighted by molar-refractivity contribution is 0.0981. The van der Waals surface area contributed by atoms with Crippen LogP contribution in [0.3, 0.4) is 0 Å². The first-order chi connectivity index (χ1) is 15.7. The second-order valence-electron chi connectivity index (χ2n) is 7.74. The molecule has 1 aliphatic heterocycles. The van der Waals surface area contributed by atoms with E-state index in [4.69, 9.17) is 0 Å². The molecule has 0 radical (unpaired) electrons. The van der Waals surface area contributed by atoms with Gasteiger partial charge in [0.2, 0.25) is 0 Å². The minimum absolute atomic E-state index is 0.00163. The van der Waals surface area contributed by atoms with Gasteiger partial charge in [0, 0.05) is 37.6 Å². The number of fused-ring (bicyclic) bond motifs is 1. The molecule has 1 saturated heterocycles. The predicted molar refractivity (Wildman–Crippen MR) is 116 cm³/mol. The SMILES string of the molecule is CN(CCF)S(=O)(=O)NC(=O)c1cnn2ccc(N3CCC[C@@H]3c3cc(F)ccc3F)cc12. The van der Waals surface area contributed by atoms with E-state index in [1.165, 1.54) is 16.8 Å². The van der Waals surface area contributed by atoms with Gasteiger partial charge in [-0.15, -0.1) is 0 Å². The molecule has 3 heterocycles. The van der Waals surface area contributed by atoms with Crippen molar-refractivity contribution < 1.29 is 26.4 Å². The van der Waals surface area contributed by atoms with E-state index in [1.807, 2.05) is 9.62 Å². The lowest BCUT2D eigenvalue weighted by Gasteiger charge is -2.27. The molecule has 1 N–H and O–H groups in total. The standard InChI is InChI=1S/C21H22F3N5O3S/c1-27(10-7-22)33(31,32)26-21(30)17-13-25-29-9-6-15(12-20(17)29)28-8-2-3-19(28)16-11-14(23)4-5-18(16)24/h4-6,9,11-13,19H,2-3,7-8,10H2,1H3,(H,26,30)/t19-/m1/s1. The molecule has 1 aliphatic rings. The first-order valence-corrected chi connectivity index (χ1v) is 11.7. The van der Waals surface area contributed by atoms with Crippen molar-refractivity contribution >= 4 is 27.3 Å². The van der Waals surface area contributed by atoms with E-state index in [1.54, 1.807) is 18.3 Å². The number of nitrogens with zero attached hydrogens (tertiary/aromatic N) is 4. The average molecular weight is 482 g/mol. The molecular weight excluding hydrogens is 459 g/mol. The van der Waals surface area contributed by atoms with Gasteiger partial charge in [-0.25, -0.2) is 22.4 Å². The Bertz CT molecular complexity index is 1300. The van der Waals surface area contributed by atoms with Crippen LogP contribution in [0.25, 0.3) is 5.52 Å². The Morgan fingerprint density at radius 3 is 2.82 bits per heavy atom. The number of carbonyl (C=O) groups excluding carboxylic acids is 1. The minimum atomic E-state index is -4.23. The van der Waals surface area contributed by atoms with Crippen molar-refractivity contribution in [3.63, 3.8) is 0 Å². The maximum Gasteiger partial charge on any atom is 0.303 e. The fraction of sp³-hybridized carbons (Fsp3) is 0.333. The molecule has 8 nitrogen and oxygen atoms in total. The van der Waals surface area contributed by atoms with Gasteiger partial charge in [-0.3, -0.25) is 4.79 Å². The Labute approximate surface area is 188 Å². The van der Waals surface area contributed by atoms with Crippen molar-refractivity contribution in [2.45, 2.75) is 18.9 Å². The molecule has 33 heavy (non-hydrogen) atoms. The molecule has 3 aromatic rings. The normalized spacial score (nSPS) is 16.6. The van der Waals surface area contributed by atoms with Crippen LogP contribution in [-0.2, 0) is 10.2 Å². The summed E-state index contributed by atoms with van der Waals surface area (Å²) in [6.07, 6.45) is 4.21. The largest absolute Gasteiger partial charge is 0.364 e. The maximum absolute atomic E-state index is 14.4. The fourth-order valence-corrected chi connectivity index (χ4v) is 4.79. The smallest absolute Gasteiger partial charge is 0.303 e. The molecule has 1 aromatic carbocycles. The van der Waals surface area contributed by atoms with E-state index in [-0.39, 0.29) is 11.1 Å². The van der Waals surface area contributed by atoms with Crippen molar-refractivity contribution in [1.82, 2.24) is 18.6 Å². The van der Waals surface area contributed by atoms with Gasteiger partial charge in [0.05, 0.1) is 23.3 Å². The summed E-state index contributed by atoms with van der Waals surface area (Å²) in [7, 11) is -3.07. The van der Waals surface area contributed by atoms with Gasteiger partial charge >= 0.3 is 10.2 Å². The summed E-state index contributed by atoms with van der Waals surface area (Å²) in [6, 6.07) is 6.36. The second kappa shape index (κ2) is 9.02. The Balaban J connectivity index is 1.65. The van der Waals surface area contributed by atoms with Crippen LogP contribution in [0.1, 0.15) is 34.8 Å². The summed E-state index contributed by atoms with van der Waals surface area (Å²) in [5, 5.41) is 4.08. The van der Waals surface area contributed by atoms with E-state index in [0.29, 0.717) is 28.5 Å². The zero-order chi connectivity index (χ0) is 23.8. The van der Waals surface area contributed by atoms with Crippen molar-refractivity contribution in [1.29, 1.82) is 0 Å². The molecule has 0 saturated carbocycles. The van der Waals surface area contributed by atoms with Crippen molar-refractivity contribution in [2.24, 2.45) is 0 Å².